The first-order chi connectivity index (χ1) is 9.75. The van der Waals surface area contributed by atoms with E-state index in [4.69, 9.17) is 33.3 Å². The van der Waals surface area contributed by atoms with Gasteiger partial charge in [0, 0.05) is 0 Å². The van der Waals surface area contributed by atoms with E-state index in [-0.39, 0.29) is 12.3 Å². The molecule has 0 aliphatic carbocycles. The molecule has 20 heavy (non-hydrogen) atoms. The van der Waals surface area contributed by atoms with Gasteiger partial charge in [-0.25, -0.2) is 10.0 Å². The Bertz CT molecular complexity index is 597. The standard InChI is InChI=1S/C12H10N4O2S2/c19-11-13-9(7-3-1-5-17-7)15-12(20)14-10(16(11)15)8-4-2-6-18-8/h1-6,9-10H,(H,13,19)(H,14,20)/t9-,10-/m1/s1. The molecule has 2 atom stereocenters. The fraction of sp³-hybridized carbons (Fsp3) is 0.167. The van der Waals surface area contributed by atoms with Gasteiger partial charge in [0.1, 0.15) is 11.5 Å². The highest BCUT2D eigenvalue weighted by molar-refractivity contribution is 7.80. The summed E-state index contributed by atoms with van der Waals surface area (Å²) in [6.45, 7) is 0. The average molecular weight is 306 g/mol. The number of nitrogens with one attached hydrogen (secondary N) is 2. The summed E-state index contributed by atoms with van der Waals surface area (Å²) < 4.78 is 10.9. The summed E-state index contributed by atoms with van der Waals surface area (Å²) >= 11 is 10.8. The number of hydrazine groups is 1. The Morgan fingerprint density at radius 2 is 1.30 bits per heavy atom. The van der Waals surface area contributed by atoms with Crippen molar-refractivity contribution in [2.75, 3.05) is 0 Å². The van der Waals surface area contributed by atoms with Gasteiger partial charge in [0.25, 0.3) is 0 Å². The molecule has 0 saturated carbocycles. The van der Waals surface area contributed by atoms with E-state index in [0.29, 0.717) is 10.2 Å². The third-order valence-corrected chi connectivity index (χ3v) is 3.89. The average Bonchev–Trinajstić information content (AvgIpc) is 3.17. The monoisotopic (exact) mass is 306 g/mol. The minimum absolute atomic E-state index is 0.238. The molecule has 0 aromatic carbocycles. The molecule has 2 saturated heterocycles. The van der Waals surface area contributed by atoms with Gasteiger partial charge in [0.2, 0.25) is 0 Å². The highest BCUT2D eigenvalue weighted by Gasteiger charge is 2.49. The zero-order valence-electron chi connectivity index (χ0n) is 10.1. The van der Waals surface area contributed by atoms with E-state index < -0.39 is 0 Å². The third kappa shape index (κ3) is 1.55. The van der Waals surface area contributed by atoms with Crippen molar-refractivity contribution < 1.29 is 8.83 Å². The Morgan fingerprint density at radius 1 is 0.850 bits per heavy atom. The summed E-state index contributed by atoms with van der Waals surface area (Å²) in [7, 11) is 0. The molecule has 0 spiro atoms. The number of furan rings is 2. The maximum Gasteiger partial charge on any atom is 0.192 e. The maximum absolute atomic E-state index is 5.45. The second-order valence-electron chi connectivity index (χ2n) is 4.42. The molecule has 0 bridgehead atoms. The second kappa shape index (κ2) is 4.22. The quantitative estimate of drug-likeness (QED) is 0.816. The second-order valence-corrected chi connectivity index (χ2v) is 5.20. The number of rotatable bonds is 2. The zero-order valence-corrected chi connectivity index (χ0v) is 11.8. The Hall–Kier alpha value is -2.06. The summed E-state index contributed by atoms with van der Waals surface area (Å²) in [5.41, 5.74) is 0. The maximum atomic E-state index is 5.45. The van der Waals surface area contributed by atoms with E-state index in [1.165, 1.54) is 0 Å². The molecule has 2 aromatic heterocycles. The van der Waals surface area contributed by atoms with Crippen molar-refractivity contribution in [2.24, 2.45) is 0 Å². The first-order valence-electron chi connectivity index (χ1n) is 6.02. The lowest BCUT2D eigenvalue weighted by molar-refractivity contribution is 0.0940. The van der Waals surface area contributed by atoms with Gasteiger partial charge in [-0.2, -0.15) is 0 Å². The molecule has 4 rings (SSSR count). The van der Waals surface area contributed by atoms with Crippen LogP contribution < -0.4 is 10.6 Å². The first-order valence-corrected chi connectivity index (χ1v) is 6.83. The van der Waals surface area contributed by atoms with Crippen LogP contribution >= 0.6 is 24.4 Å². The Balaban J connectivity index is 1.73. The number of hydrogen-bond acceptors (Lipinski definition) is 4. The van der Waals surface area contributed by atoms with Crippen LogP contribution in [0.5, 0.6) is 0 Å². The normalized spacial score (nSPS) is 24.8. The van der Waals surface area contributed by atoms with Crippen LogP contribution in [0.1, 0.15) is 23.9 Å². The van der Waals surface area contributed by atoms with Crippen LogP contribution in [0.15, 0.2) is 45.6 Å². The highest BCUT2D eigenvalue weighted by Crippen LogP contribution is 2.36. The minimum Gasteiger partial charge on any atom is -0.465 e. The summed E-state index contributed by atoms with van der Waals surface area (Å²) in [6.07, 6.45) is 2.77. The lowest BCUT2D eigenvalue weighted by Crippen LogP contribution is -2.35. The molecule has 0 radical (unpaired) electrons. The van der Waals surface area contributed by atoms with Gasteiger partial charge < -0.3 is 19.5 Å². The molecular formula is C12H10N4O2S2. The minimum atomic E-state index is -0.238. The molecular weight excluding hydrogens is 296 g/mol. The lowest BCUT2D eigenvalue weighted by Gasteiger charge is -2.24. The van der Waals surface area contributed by atoms with E-state index in [1.807, 2.05) is 34.3 Å². The van der Waals surface area contributed by atoms with E-state index in [1.54, 1.807) is 12.5 Å². The number of fused-ring (bicyclic) bond motifs is 1. The van der Waals surface area contributed by atoms with Crippen molar-refractivity contribution >= 4 is 34.7 Å². The summed E-state index contributed by atoms with van der Waals surface area (Å²) in [5, 5.41) is 11.3. The van der Waals surface area contributed by atoms with Gasteiger partial charge in [-0.3, -0.25) is 0 Å². The molecule has 2 aromatic rings. The molecule has 2 fully saturated rings. The van der Waals surface area contributed by atoms with Gasteiger partial charge in [0.15, 0.2) is 22.6 Å². The smallest absolute Gasteiger partial charge is 0.192 e. The van der Waals surface area contributed by atoms with Gasteiger partial charge in [-0.15, -0.1) is 0 Å². The van der Waals surface area contributed by atoms with Crippen molar-refractivity contribution in [2.45, 2.75) is 12.3 Å². The van der Waals surface area contributed by atoms with Crippen molar-refractivity contribution in [3.05, 3.63) is 48.3 Å². The van der Waals surface area contributed by atoms with Crippen molar-refractivity contribution in [1.82, 2.24) is 20.7 Å². The first kappa shape index (κ1) is 11.7. The number of nitrogens with zero attached hydrogens (tertiary/aromatic N) is 2. The van der Waals surface area contributed by atoms with Crippen LogP contribution in [0.25, 0.3) is 0 Å². The van der Waals surface area contributed by atoms with Crippen LogP contribution in [0, 0.1) is 0 Å². The number of hydrogen-bond donors (Lipinski definition) is 2. The van der Waals surface area contributed by atoms with Gasteiger partial charge >= 0.3 is 0 Å². The largest absolute Gasteiger partial charge is 0.465 e. The van der Waals surface area contributed by atoms with Gasteiger partial charge in [0.05, 0.1) is 12.5 Å². The van der Waals surface area contributed by atoms with Gasteiger partial charge in [-0.05, 0) is 48.7 Å². The Kier molecular flexibility index (Phi) is 2.48. The molecule has 2 N–H and O–H groups in total. The van der Waals surface area contributed by atoms with E-state index in [9.17, 15) is 0 Å². The summed E-state index contributed by atoms with van der Waals surface area (Å²) in [6, 6.07) is 7.43. The predicted octanol–water partition coefficient (Wildman–Crippen LogP) is 1.87. The number of thiocarbonyl (C=S) groups is 2. The fourth-order valence-electron chi connectivity index (χ4n) is 2.44. The van der Waals surface area contributed by atoms with Crippen LogP contribution in [-0.2, 0) is 0 Å². The van der Waals surface area contributed by atoms with Crippen molar-refractivity contribution in [1.29, 1.82) is 0 Å². The highest BCUT2D eigenvalue weighted by atomic mass is 32.1. The molecule has 2 aliphatic heterocycles. The summed E-state index contributed by atoms with van der Waals surface area (Å²) in [5.74, 6) is 1.50. The topological polar surface area (TPSA) is 56.8 Å². The van der Waals surface area contributed by atoms with E-state index in [0.717, 1.165) is 11.5 Å². The molecule has 0 amide bonds. The molecule has 4 heterocycles. The summed E-state index contributed by atoms with van der Waals surface area (Å²) in [4.78, 5) is 0. The molecule has 2 aliphatic rings. The van der Waals surface area contributed by atoms with Crippen molar-refractivity contribution in [3.8, 4) is 0 Å². The lowest BCUT2D eigenvalue weighted by atomic mass is 10.3. The van der Waals surface area contributed by atoms with E-state index in [2.05, 4.69) is 10.6 Å². The Labute approximate surface area is 125 Å². The van der Waals surface area contributed by atoms with Crippen LogP contribution in [0.2, 0.25) is 0 Å². The van der Waals surface area contributed by atoms with Crippen LogP contribution in [0.4, 0.5) is 0 Å². The van der Waals surface area contributed by atoms with E-state index >= 15 is 0 Å². The zero-order chi connectivity index (χ0) is 13.7. The Morgan fingerprint density at radius 3 is 1.65 bits per heavy atom. The van der Waals surface area contributed by atoms with Gasteiger partial charge in [-0.1, -0.05) is 0 Å². The fourth-order valence-corrected chi connectivity index (χ4v) is 3.05. The van der Waals surface area contributed by atoms with Crippen LogP contribution in [0.3, 0.4) is 0 Å². The molecule has 8 heteroatoms. The third-order valence-electron chi connectivity index (χ3n) is 3.28. The predicted molar refractivity (Wildman–Crippen MR) is 78.0 cm³/mol. The molecule has 0 unspecified atom stereocenters. The van der Waals surface area contributed by atoms with Crippen LogP contribution in [-0.4, -0.2) is 20.2 Å². The molecule has 102 valence electrons. The van der Waals surface area contributed by atoms with Crippen molar-refractivity contribution in [3.63, 3.8) is 0 Å². The molecule has 6 nitrogen and oxygen atoms in total. The SMILES string of the molecule is S=C1N[C@@H](c2ccco2)N2C(=S)N[C@@H](c3ccco3)N12.